The van der Waals surface area contributed by atoms with Crippen LogP contribution in [0.25, 0.3) is 0 Å². The molecule has 15 heteroatoms. The predicted molar refractivity (Wildman–Crippen MR) is 104 cm³/mol. The minimum Gasteiger partial charge on any atom is -0.481 e. The van der Waals surface area contributed by atoms with Gasteiger partial charge in [0.25, 0.3) is 0 Å². The number of aliphatic hydroxyl groups excluding tert-OH is 1. The second-order valence-electron chi connectivity index (χ2n) is 4.86. The van der Waals surface area contributed by atoms with Crippen molar-refractivity contribution in [2.75, 3.05) is 5.75 Å². The number of amides is 2. The second-order valence-corrected chi connectivity index (χ2v) is 6.77. The number of amidine groups is 1. The van der Waals surface area contributed by atoms with Crippen molar-refractivity contribution in [2.24, 2.45) is 22.2 Å². The molecule has 28 heavy (non-hydrogen) atoms. The monoisotopic (exact) mass is 435 g/mol. The van der Waals surface area contributed by atoms with E-state index in [1.54, 1.807) is 5.51 Å². The number of nitrogens with one attached hydrogen (secondary N) is 2. The van der Waals surface area contributed by atoms with Crippen molar-refractivity contribution in [3.05, 3.63) is 16.6 Å². The van der Waals surface area contributed by atoms with Crippen LogP contribution >= 0.6 is 23.1 Å². The van der Waals surface area contributed by atoms with E-state index in [0.717, 1.165) is 5.69 Å². The first-order chi connectivity index (χ1) is 13.0. The molecule has 0 aliphatic heterocycles. The number of carbonyl (C=O) groups is 3. The molecular formula is C13H21N7O6S2. The highest BCUT2D eigenvalue weighted by atomic mass is 32.2. The third-order valence-electron chi connectivity index (χ3n) is 2.53. The van der Waals surface area contributed by atoms with Gasteiger partial charge in [-0.15, -0.1) is 23.1 Å². The molecule has 2 atom stereocenters. The third-order valence-corrected chi connectivity index (χ3v) is 4.23. The number of carboxylic acid groups (broad SMARTS) is 2. The van der Waals surface area contributed by atoms with Gasteiger partial charge in [-0.1, -0.05) is 0 Å². The first-order valence-electron chi connectivity index (χ1n) is 7.37. The van der Waals surface area contributed by atoms with Crippen molar-refractivity contribution in [3.63, 3.8) is 0 Å². The number of hydrogen-bond acceptors (Lipinski definition) is 9. The number of guanidine groups is 1. The van der Waals surface area contributed by atoms with Crippen LogP contribution in [-0.2, 0) is 9.59 Å². The Kier molecular flexibility index (Phi) is 11.9. The second kappa shape index (κ2) is 13.3. The van der Waals surface area contributed by atoms with Crippen molar-refractivity contribution in [2.45, 2.75) is 24.3 Å². The zero-order valence-corrected chi connectivity index (χ0v) is 16.1. The number of rotatable bonds is 9. The van der Waals surface area contributed by atoms with E-state index in [1.165, 1.54) is 23.1 Å². The molecule has 11 N–H and O–H groups in total. The summed E-state index contributed by atoms with van der Waals surface area (Å²) in [6, 6.07) is -0.740. The first-order valence-corrected chi connectivity index (χ1v) is 9.37. The fourth-order valence-electron chi connectivity index (χ4n) is 1.40. The molecule has 2 amide bonds. The third kappa shape index (κ3) is 12.4. The molecule has 1 aromatic heterocycles. The van der Waals surface area contributed by atoms with Gasteiger partial charge in [-0.2, -0.15) is 0 Å². The maximum atomic E-state index is 10.5. The fraction of sp³-hybridized carbons (Fsp3) is 0.385. The number of carbonyl (C=O) groups excluding carboxylic acids is 1. The molecule has 13 nitrogen and oxygen atoms in total. The van der Waals surface area contributed by atoms with E-state index in [4.69, 9.17) is 37.9 Å². The van der Waals surface area contributed by atoms with Crippen LogP contribution in [0.2, 0.25) is 0 Å². The Labute approximate surface area is 167 Å². The zero-order valence-electron chi connectivity index (χ0n) is 14.4. The highest BCUT2D eigenvalue weighted by molar-refractivity contribution is 7.99. The van der Waals surface area contributed by atoms with Gasteiger partial charge in [0.1, 0.15) is 11.2 Å². The molecule has 0 aliphatic carbocycles. The van der Waals surface area contributed by atoms with Crippen molar-refractivity contribution < 1.29 is 29.7 Å². The van der Waals surface area contributed by atoms with Crippen LogP contribution in [0.1, 0.15) is 23.9 Å². The minimum atomic E-state index is -1.79. The molecule has 2 unspecified atom stereocenters. The average molecular weight is 435 g/mol. The smallest absolute Gasteiger partial charge is 0.333 e. The van der Waals surface area contributed by atoms with E-state index in [2.05, 4.69) is 15.3 Å². The number of hydrogen-bond donors (Lipinski definition) is 8. The van der Waals surface area contributed by atoms with Gasteiger partial charge in [0.2, 0.25) is 0 Å². The van der Waals surface area contributed by atoms with Crippen molar-refractivity contribution in [3.8, 4) is 0 Å². The summed E-state index contributed by atoms with van der Waals surface area (Å²) in [4.78, 5) is 38.2. The number of aliphatic imine (C=N–C) groups is 1. The number of primary amides is 1. The van der Waals surface area contributed by atoms with Crippen LogP contribution in [0.5, 0.6) is 0 Å². The summed E-state index contributed by atoms with van der Waals surface area (Å²) in [5, 5.41) is 35.4. The highest BCUT2D eigenvalue weighted by Crippen LogP contribution is 2.30. The van der Waals surface area contributed by atoms with Gasteiger partial charge in [-0.25, -0.2) is 19.6 Å². The van der Waals surface area contributed by atoms with E-state index < -0.39 is 30.5 Å². The molecule has 1 rings (SSSR count). The Morgan fingerprint density at radius 2 is 1.96 bits per heavy atom. The summed E-state index contributed by atoms with van der Waals surface area (Å²) in [7, 11) is 0. The highest BCUT2D eigenvalue weighted by Gasteiger charge is 2.16. The molecule has 1 heterocycles. The number of aliphatic hydroxyl groups is 1. The Hall–Kier alpha value is -2.91. The lowest BCUT2D eigenvalue weighted by Gasteiger charge is -2.10. The summed E-state index contributed by atoms with van der Waals surface area (Å²) < 4.78 is 0. The normalized spacial score (nSPS) is 11.9. The van der Waals surface area contributed by atoms with E-state index >= 15 is 0 Å². The maximum Gasteiger partial charge on any atom is 0.333 e. The average Bonchev–Trinajstić information content (AvgIpc) is 3.07. The maximum absolute atomic E-state index is 10.5. The molecule has 0 fully saturated rings. The number of carboxylic acids is 2. The van der Waals surface area contributed by atoms with Crippen LogP contribution in [0.15, 0.2) is 15.9 Å². The molecule has 0 saturated heterocycles. The van der Waals surface area contributed by atoms with Gasteiger partial charge in [-0.05, 0) is 0 Å². The Morgan fingerprint density at radius 3 is 2.36 bits per heavy atom. The molecule has 156 valence electrons. The summed E-state index contributed by atoms with van der Waals surface area (Å²) in [6.45, 7) is 0. The largest absolute Gasteiger partial charge is 0.481 e. The van der Waals surface area contributed by atoms with Gasteiger partial charge < -0.3 is 32.5 Å². The van der Waals surface area contributed by atoms with Crippen LogP contribution in [0.4, 0.5) is 4.79 Å². The van der Waals surface area contributed by atoms with Gasteiger partial charge in [0.05, 0.1) is 17.6 Å². The van der Waals surface area contributed by atoms with E-state index in [0.29, 0.717) is 12.2 Å². The van der Waals surface area contributed by atoms with Crippen LogP contribution in [-0.4, -0.2) is 61.9 Å². The number of thioether (sulfide) groups is 1. The summed E-state index contributed by atoms with van der Waals surface area (Å²) >= 11 is 2.88. The Morgan fingerprint density at radius 1 is 1.32 bits per heavy atom. The molecule has 1 aromatic rings. The summed E-state index contributed by atoms with van der Waals surface area (Å²) in [5.41, 5.74) is 18.1. The number of aliphatic carboxylic acids is 2. The zero-order chi connectivity index (χ0) is 21.7. The lowest BCUT2D eigenvalue weighted by Crippen LogP contribution is -2.34. The standard InChI is InChI=1S/C9H15N7OS2.C4H6O5/c10-6(15-9(13)17)1-2-19-7(16-8(11)12)5-3-18-4-14-5;5-2(4(8)9)1-3(6)7/h3-4,7H,1-2H2,(H4,11,12,16)(H4,10,13,15,17);2,5H,1H2,(H,6,7)(H,8,9). The molecule has 0 bridgehead atoms. The van der Waals surface area contributed by atoms with Gasteiger partial charge in [-0.3, -0.25) is 15.5 Å². The lowest BCUT2D eigenvalue weighted by atomic mass is 10.3. The molecule has 0 aromatic carbocycles. The van der Waals surface area contributed by atoms with Gasteiger partial charge in [0, 0.05) is 17.6 Å². The van der Waals surface area contributed by atoms with Crippen LogP contribution < -0.4 is 22.5 Å². The summed E-state index contributed by atoms with van der Waals surface area (Å²) in [5.74, 6) is -2.25. The number of nitrogens with two attached hydrogens (primary N) is 3. The number of aromatic nitrogens is 1. The predicted octanol–water partition coefficient (Wildman–Crippen LogP) is -0.909. The topological polar surface area (TPSA) is 251 Å². The number of nitrogens with zero attached hydrogens (tertiary/aromatic N) is 2. The lowest BCUT2D eigenvalue weighted by molar-refractivity contribution is -0.152. The van der Waals surface area contributed by atoms with Gasteiger partial charge in [0.15, 0.2) is 12.1 Å². The molecule has 0 aliphatic rings. The Balaban J connectivity index is 0.000000684. The quantitative estimate of drug-likeness (QED) is 0.175. The molecule has 0 saturated carbocycles. The van der Waals surface area contributed by atoms with Crippen molar-refractivity contribution in [1.29, 1.82) is 5.41 Å². The fourth-order valence-corrected chi connectivity index (χ4v) is 3.10. The first kappa shape index (κ1) is 25.1. The van der Waals surface area contributed by atoms with E-state index in [9.17, 15) is 14.4 Å². The van der Waals surface area contributed by atoms with Crippen molar-refractivity contribution >= 4 is 52.9 Å². The van der Waals surface area contributed by atoms with Crippen LogP contribution in [0.3, 0.4) is 0 Å². The Bertz CT molecular complexity index is 694. The SMILES string of the molecule is N=C(CCSC(N=C(N)N)c1cscn1)NC(N)=O.O=C(O)CC(O)C(=O)O. The van der Waals surface area contributed by atoms with Crippen molar-refractivity contribution in [1.82, 2.24) is 10.3 Å². The van der Waals surface area contributed by atoms with Crippen LogP contribution in [0, 0.1) is 5.41 Å². The van der Waals surface area contributed by atoms with Gasteiger partial charge >= 0.3 is 18.0 Å². The summed E-state index contributed by atoms with van der Waals surface area (Å²) in [6.07, 6.45) is -2.19. The number of thiazole rings is 1. The minimum absolute atomic E-state index is 0.0177. The molecular weight excluding hydrogens is 414 g/mol. The number of urea groups is 1. The molecule has 0 spiro atoms. The molecule has 0 radical (unpaired) electrons. The van der Waals surface area contributed by atoms with E-state index in [1.807, 2.05) is 5.38 Å². The van der Waals surface area contributed by atoms with E-state index in [-0.39, 0.29) is 17.2 Å².